The van der Waals surface area contributed by atoms with Gasteiger partial charge in [0.1, 0.15) is 11.5 Å². The van der Waals surface area contributed by atoms with Crippen LogP contribution in [0.15, 0.2) is 46.9 Å². The Labute approximate surface area is 136 Å². The second-order valence-corrected chi connectivity index (χ2v) is 4.51. The van der Waals surface area contributed by atoms with E-state index < -0.39 is 0 Å². The van der Waals surface area contributed by atoms with Crippen molar-refractivity contribution in [2.75, 3.05) is 25.7 Å². The predicted molar refractivity (Wildman–Crippen MR) is 96.0 cm³/mol. The number of nitrogens with two attached hydrogens (primary N) is 2. The number of rotatable bonds is 2. The first-order valence-electron chi connectivity index (χ1n) is 5.55. The summed E-state index contributed by atoms with van der Waals surface area (Å²) in [6.07, 6.45) is 0. The molecule has 0 heterocycles. The highest BCUT2D eigenvalue weighted by Gasteiger charge is 1.95. The Hall–Kier alpha value is -1.88. The van der Waals surface area contributed by atoms with E-state index in [1.165, 1.54) is 0 Å². The van der Waals surface area contributed by atoms with Gasteiger partial charge in [-0.15, -0.1) is 0 Å². The average Bonchev–Trinajstić information content (AvgIpc) is 2.43. The number of benzene rings is 2. The van der Waals surface area contributed by atoms with E-state index in [2.05, 4.69) is 15.9 Å². The molecule has 0 aliphatic carbocycles. The maximum atomic E-state index is 5.54. The number of hydrogen-bond acceptors (Lipinski definition) is 4. The monoisotopic (exact) mass is 356 g/mol. The van der Waals surface area contributed by atoms with Crippen molar-refractivity contribution in [2.45, 2.75) is 14.9 Å². The van der Waals surface area contributed by atoms with Crippen molar-refractivity contribution >= 4 is 27.3 Å². The van der Waals surface area contributed by atoms with Crippen molar-refractivity contribution in [3.05, 3.63) is 46.9 Å². The fourth-order valence-corrected chi connectivity index (χ4v) is 1.60. The van der Waals surface area contributed by atoms with Crippen molar-refractivity contribution < 1.29 is 9.47 Å². The lowest BCUT2D eigenvalue weighted by molar-refractivity contribution is 0.414. The summed E-state index contributed by atoms with van der Waals surface area (Å²) < 4.78 is 10.7. The molecule has 0 atom stereocenters. The largest absolute Gasteiger partial charge is 0.497 e. The summed E-state index contributed by atoms with van der Waals surface area (Å²) in [5.74, 6) is 1.64. The summed E-state index contributed by atoms with van der Waals surface area (Å²) in [7, 11) is 3.25. The maximum absolute atomic E-state index is 5.54. The van der Waals surface area contributed by atoms with Gasteiger partial charge >= 0.3 is 0 Å². The van der Waals surface area contributed by atoms with Crippen molar-refractivity contribution in [2.24, 2.45) is 0 Å². The van der Waals surface area contributed by atoms with Crippen LogP contribution in [-0.2, 0) is 0 Å². The van der Waals surface area contributed by atoms with Gasteiger partial charge in [0.2, 0.25) is 0 Å². The molecule has 118 valence electrons. The van der Waals surface area contributed by atoms with E-state index in [1.54, 1.807) is 32.4 Å². The van der Waals surface area contributed by atoms with Gasteiger partial charge in [0, 0.05) is 15.8 Å². The molecule has 21 heavy (non-hydrogen) atoms. The zero-order valence-electron chi connectivity index (χ0n) is 10.9. The van der Waals surface area contributed by atoms with E-state index in [4.69, 9.17) is 20.9 Å². The second-order valence-electron chi connectivity index (χ2n) is 3.66. The zero-order chi connectivity index (χ0) is 14.3. The second kappa shape index (κ2) is 10.9. The first-order valence-corrected chi connectivity index (χ1v) is 6.34. The van der Waals surface area contributed by atoms with Gasteiger partial charge in [-0.3, -0.25) is 0 Å². The van der Waals surface area contributed by atoms with E-state index in [1.807, 2.05) is 24.3 Å². The molecule has 2 aromatic carbocycles. The first-order chi connectivity index (χ1) is 9.06. The lowest BCUT2D eigenvalue weighted by Crippen LogP contribution is -1.87. The lowest BCUT2D eigenvalue weighted by atomic mass is 10.3. The molecule has 0 bridgehead atoms. The Morgan fingerprint density at radius 1 is 0.810 bits per heavy atom. The first kappa shape index (κ1) is 21.4. The summed E-state index contributed by atoms with van der Waals surface area (Å²) in [5, 5.41) is 0. The molecule has 0 aromatic heterocycles. The van der Waals surface area contributed by atoms with Crippen LogP contribution in [0.25, 0.3) is 0 Å². The smallest absolute Gasteiger partial charge is 0.120 e. The Balaban J connectivity index is 0. The summed E-state index contributed by atoms with van der Waals surface area (Å²) in [5.41, 5.74) is 12.4. The summed E-state index contributed by atoms with van der Waals surface area (Å²) in [6.45, 7) is 0. The van der Waals surface area contributed by atoms with Gasteiger partial charge in [0.05, 0.1) is 14.2 Å². The minimum absolute atomic E-state index is 0. The van der Waals surface area contributed by atoms with Crippen LogP contribution in [0, 0.1) is 0 Å². The topological polar surface area (TPSA) is 70.5 Å². The molecule has 0 aliphatic heterocycles. The molecular formula is C16H25BrN2O2. The predicted octanol–water partition coefficient (Wildman–Crippen LogP) is 4.59. The van der Waals surface area contributed by atoms with Gasteiger partial charge in [-0.2, -0.15) is 0 Å². The Morgan fingerprint density at radius 2 is 1.29 bits per heavy atom. The third-order valence-corrected chi connectivity index (χ3v) is 3.01. The normalized spacial score (nSPS) is 8.33. The van der Waals surface area contributed by atoms with Crippen LogP contribution in [0.3, 0.4) is 0 Å². The van der Waals surface area contributed by atoms with Gasteiger partial charge in [0.15, 0.2) is 0 Å². The van der Waals surface area contributed by atoms with Crippen LogP contribution in [0.4, 0.5) is 11.4 Å². The quantitative estimate of drug-likeness (QED) is 0.772. The molecule has 0 aliphatic rings. The standard InChI is InChI=1S/C7H8BrNO.C7H9NO.2CH4/c1-10-5-2-3-7(9)6(8)4-5;1-9-7-4-2-6(8)3-5-7;;/h2-4H,9H2,1H3;2-5H,8H2,1H3;2*1H4. The molecule has 4 nitrogen and oxygen atoms in total. The van der Waals surface area contributed by atoms with E-state index in [0.717, 1.165) is 27.3 Å². The van der Waals surface area contributed by atoms with Crippen LogP contribution in [0.2, 0.25) is 0 Å². The highest BCUT2D eigenvalue weighted by molar-refractivity contribution is 9.10. The highest BCUT2D eigenvalue weighted by atomic mass is 79.9. The van der Waals surface area contributed by atoms with Gasteiger partial charge in [-0.05, 0) is 58.4 Å². The molecule has 0 unspecified atom stereocenters. The third-order valence-electron chi connectivity index (χ3n) is 2.32. The van der Waals surface area contributed by atoms with Gasteiger partial charge < -0.3 is 20.9 Å². The van der Waals surface area contributed by atoms with Crippen LogP contribution >= 0.6 is 15.9 Å². The van der Waals surface area contributed by atoms with E-state index in [9.17, 15) is 0 Å². The van der Waals surface area contributed by atoms with Crippen LogP contribution in [0.5, 0.6) is 11.5 Å². The minimum Gasteiger partial charge on any atom is -0.497 e. The average molecular weight is 357 g/mol. The zero-order valence-corrected chi connectivity index (χ0v) is 12.5. The molecule has 2 aromatic rings. The van der Waals surface area contributed by atoms with Crippen LogP contribution < -0.4 is 20.9 Å². The summed E-state index contributed by atoms with van der Waals surface area (Å²) in [4.78, 5) is 0. The van der Waals surface area contributed by atoms with Crippen LogP contribution in [0.1, 0.15) is 14.9 Å². The Kier molecular flexibility index (Phi) is 11.1. The SMILES string of the molecule is C.C.COc1ccc(N)c(Br)c1.COc1ccc(N)cc1. The molecule has 5 heteroatoms. The molecule has 4 N–H and O–H groups in total. The van der Waals surface area contributed by atoms with Crippen molar-refractivity contribution in [3.63, 3.8) is 0 Å². The third kappa shape index (κ3) is 7.46. The van der Waals surface area contributed by atoms with E-state index in [-0.39, 0.29) is 14.9 Å². The molecule has 2 rings (SSSR count). The van der Waals surface area contributed by atoms with E-state index >= 15 is 0 Å². The number of ether oxygens (including phenoxy) is 2. The number of halogens is 1. The fourth-order valence-electron chi connectivity index (χ4n) is 1.24. The van der Waals surface area contributed by atoms with E-state index in [0.29, 0.717) is 0 Å². The van der Waals surface area contributed by atoms with Crippen molar-refractivity contribution in [3.8, 4) is 11.5 Å². The van der Waals surface area contributed by atoms with Crippen LogP contribution in [-0.4, -0.2) is 14.2 Å². The highest BCUT2D eigenvalue weighted by Crippen LogP contribution is 2.23. The maximum Gasteiger partial charge on any atom is 0.120 e. The molecule has 0 spiro atoms. The molecular weight excluding hydrogens is 332 g/mol. The lowest BCUT2D eigenvalue weighted by Gasteiger charge is -2.01. The summed E-state index contributed by atoms with van der Waals surface area (Å²) in [6, 6.07) is 12.7. The molecule has 0 fully saturated rings. The fraction of sp³-hybridized carbons (Fsp3) is 0.250. The molecule has 0 saturated carbocycles. The van der Waals surface area contributed by atoms with Gasteiger partial charge in [-0.25, -0.2) is 0 Å². The Morgan fingerprint density at radius 3 is 1.71 bits per heavy atom. The molecule has 0 saturated heterocycles. The number of hydrogen-bond donors (Lipinski definition) is 2. The Bertz CT molecular complexity index is 516. The van der Waals surface area contributed by atoms with Gasteiger partial charge in [0.25, 0.3) is 0 Å². The number of methoxy groups -OCH3 is 2. The minimum atomic E-state index is 0. The van der Waals surface area contributed by atoms with Crippen molar-refractivity contribution in [1.82, 2.24) is 0 Å². The number of nitrogen functional groups attached to an aromatic ring is 2. The molecule has 0 amide bonds. The summed E-state index contributed by atoms with van der Waals surface area (Å²) >= 11 is 3.28. The number of anilines is 2. The molecule has 0 radical (unpaired) electrons. The van der Waals surface area contributed by atoms with Crippen molar-refractivity contribution in [1.29, 1.82) is 0 Å². The van der Waals surface area contributed by atoms with Gasteiger partial charge in [-0.1, -0.05) is 14.9 Å².